The second kappa shape index (κ2) is 10.4. The van der Waals surface area contributed by atoms with Crippen LogP contribution in [0.4, 0.5) is 14.5 Å². The highest BCUT2D eigenvalue weighted by atomic mass is 19.3. The fraction of sp³-hybridized carbons (Fsp3) is 0.208. The van der Waals surface area contributed by atoms with E-state index >= 15 is 0 Å². The lowest BCUT2D eigenvalue weighted by Crippen LogP contribution is -2.15. The second-order valence-corrected chi connectivity index (χ2v) is 6.78. The smallest absolute Gasteiger partial charge is 0.387 e. The van der Waals surface area contributed by atoms with Crippen molar-refractivity contribution in [3.8, 4) is 17.2 Å². The number of carbonyl (C=O) groups excluding carboxylic acids is 1. The Bertz CT molecular complexity index is 1030. The fourth-order valence-electron chi connectivity index (χ4n) is 3.20. The quantitative estimate of drug-likeness (QED) is 0.518. The lowest BCUT2D eigenvalue weighted by molar-refractivity contribution is -0.115. The number of amides is 1. The third kappa shape index (κ3) is 6.18. The molecule has 0 aromatic heterocycles. The summed E-state index contributed by atoms with van der Waals surface area (Å²) >= 11 is 0. The zero-order chi connectivity index (χ0) is 22.2. The fourth-order valence-corrected chi connectivity index (χ4v) is 3.20. The van der Waals surface area contributed by atoms with E-state index in [0.29, 0.717) is 29.2 Å². The number of rotatable bonds is 9. The van der Waals surface area contributed by atoms with Crippen molar-refractivity contribution in [3.63, 3.8) is 0 Å². The van der Waals surface area contributed by atoms with Gasteiger partial charge in [-0.15, -0.1) is 0 Å². The molecule has 0 unspecified atom stereocenters. The summed E-state index contributed by atoms with van der Waals surface area (Å²) in [7, 11) is 3.07. The summed E-state index contributed by atoms with van der Waals surface area (Å²) in [5.41, 5.74) is 2.74. The Labute approximate surface area is 179 Å². The minimum absolute atomic E-state index is 0.0803. The molecule has 0 fully saturated rings. The molecule has 7 heteroatoms. The van der Waals surface area contributed by atoms with Crippen molar-refractivity contribution < 1.29 is 27.8 Å². The molecular weight excluding hydrogens is 404 g/mol. The van der Waals surface area contributed by atoms with Crippen LogP contribution in [0.15, 0.2) is 66.7 Å². The van der Waals surface area contributed by atoms with Gasteiger partial charge < -0.3 is 19.5 Å². The van der Waals surface area contributed by atoms with Crippen molar-refractivity contribution >= 4 is 11.6 Å². The van der Waals surface area contributed by atoms with Crippen LogP contribution in [0, 0.1) is 0 Å². The Morgan fingerprint density at radius 3 is 2.26 bits per heavy atom. The number of alkyl halides is 2. The minimum Gasteiger partial charge on any atom is -0.493 e. The van der Waals surface area contributed by atoms with Crippen LogP contribution in [0.5, 0.6) is 17.2 Å². The molecule has 1 N–H and O–H groups in total. The standard InChI is InChI=1S/C24H23F2NO4/c1-29-21-10-8-17(13-22(21)30-2)14-23(28)27-19-9-11-20(31-24(25)26)18(15-19)12-16-6-4-3-5-7-16/h3-11,13,15,24H,12,14H2,1-2H3,(H,27,28). The van der Waals surface area contributed by atoms with Crippen molar-refractivity contribution in [2.75, 3.05) is 19.5 Å². The van der Waals surface area contributed by atoms with Crippen LogP contribution in [0.1, 0.15) is 16.7 Å². The molecule has 0 heterocycles. The molecule has 31 heavy (non-hydrogen) atoms. The van der Waals surface area contributed by atoms with Crippen molar-refractivity contribution in [3.05, 3.63) is 83.4 Å². The number of ether oxygens (including phenoxy) is 3. The number of carbonyl (C=O) groups is 1. The highest BCUT2D eigenvalue weighted by molar-refractivity contribution is 5.92. The summed E-state index contributed by atoms with van der Waals surface area (Å²) in [5.74, 6) is 0.940. The van der Waals surface area contributed by atoms with Crippen LogP contribution in [0.3, 0.4) is 0 Å². The molecular formula is C24H23F2NO4. The van der Waals surface area contributed by atoms with E-state index in [1.807, 2.05) is 30.3 Å². The van der Waals surface area contributed by atoms with Gasteiger partial charge in [0.25, 0.3) is 0 Å². The molecule has 5 nitrogen and oxygen atoms in total. The van der Waals surface area contributed by atoms with Gasteiger partial charge in [-0.25, -0.2) is 0 Å². The number of halogens is 2. The van der Waals surface area contributed by atoms with E-state index < -0.39 is 6.61 Å². The van der Waals surface area contributed by atoms with E-state index in [9.17, 15) is 13.6 Å². The Balaban J connectivity index is 1.76. The first kappa shape index (κ1) is 22.1. The van der Waals surface area contributed by atoms with Gasteiger partial charge in [-0.1, -0.05) is 36.4 Å². The second-order valence-electron chi connectivity index (χ2n) is 6.78. The van der Waals surface area contributed by atoms with Crippen molar-refractivity contribution in [2.24, 2.45) is 0 Å². The first-order valence-corrected chi connectivity index (χ1v) is 9.61. The largest absolute Gasteiger partial charge is 0.493 e. The summed E-state index contributed by atoms with van der Waals surface area (Å²) in [6, 6.07) is 19.3. The zero-order valence-electron chi connectivity index (χ0n) is 17.2. The van der Waals surface area contributed by atoms with E-state index in [2.05, 4.69) is 10.1 Å². The van der Waals surface area contributed by atoms with Gasteiger partial charge in [0.2, 0.25) is 5.91 Å². The lowest BCUT2D eigenvalue weighted by atomic mass is 10.0. The zero-order valence-corrected chi connectivity index (χ0v) is 17.2. The van der Waals surface area contributed by atoms with E-state index in [1.165, 1.54) is 13.2 Å². The number of hydrogen-bond acceptors (Lipinski definition) is 4. The molecule has 0 saturated heterocycles. The molecule has 0 spiro atoms. The minimum atomic E-state index is -2.93. The van der Waals surface area contributed by atoms with Crippen LogP contribution in [0.2, 0.25) is 0 Å². The molecule has 0 aliphatic carbocycles. The summed E-state index contributed by atoms with van der Waals surface area (Å²) in [4.78, 5) is 12.5. The molecule has 3 aromatic carbocycles. The van der Waals surface area contributed by atoms with Crippen molar-refractivity contribution in [1.29, 1.82) is 0 Å². The first-order valence-electron chi connectivity index (χ1n) is 9.61. The predicted octanol–water partition coefficient (Wildman–Crippen LogP) is 5.08. The maximum Gasteiger partial charge on any atom is 0.387 e. The van der Waals surface area contributed by atoms with Crippen molar-refractivity contribution in [2.45, 2.75) is 19.5 Å². The summed E-state index contributed by atoms with van der Waals surface area (Å²) in [5, 5.41) is 2.81. The van der Waals surface area contributed by atoms with E-state index in [1.54, 1.807) is 37.4 Å². The molecule has 0 radical (unpaired) electrons. The number of benzene rings is 3. The van der Waals surface area contributed by atoms with E-state index in [-0.39, 0.29) is 18.1 Å². The van der Waals surface area contributed by atoms with Crippen LogP contribution < -0.4 is 19.5 Å². The normalized spacial score (nSPS) is 10.6. The SMILES string of the molecule is COc1ccc(CC(=O)Nc2ccc(OC(F)F)c(Cc3ccccc3)c2)cc1OC. The number of methoxy groups -OCH3 is 2. The molecule has 0 saturated carbocycles. The molecule has 0 bridgehead atoms. The van der Waals surface area contributed by atoms with Crippen LogP contribution in [-0.4, -0.2) is 26.7 Å². The van der Waals surface area contributed by atoms with Gasteiger partial charge in [-0.2, -0.15) is 8.78 Å². The average Bonchev–Trinajstić information content (AvgIpc) is 2.76. The molecule has 0 aliphatic heterocycles. The van der Waals surface area contributed by atoms with Gasteiger partial charge in [0.15, 0.2) is 11.5 Å². The average molecular weight is 427 g/mol. The van der Waals surface area contributed by atoms with Crippen LogP contribution in [-0.2, 0) is 17.6 Å². The maximum atomic E-state index is 12.8. The molecule has 3 aromatic rings. The van der Waals surface area contributed by atoms with Gasteiger partial charge >= 0.3 is 6.61 Å². The van der Waals surface area contributed by atoms with Crippen molar-refractivity contribution in [1.82, 2.24) is 0 Å². The van der Waals surface area contributed by atoms with E-state index in [0.717, 1.165) is 11.1 Å². The highest BCUT2D eigenvalue weighted by Crippen LogP contribution is 2.29. The number of nitrogens with one attached hydrogen (secondary N) is 1. The van der Waals surface area contributed by atoms with Gasteiger partial charge in [-0.05, 0) is 41.5 Å². The van der Waals surface area contributed by atoms with Crippen LogP contribution in [0.25, 0.3) is 0 Å². The first-order chi connectivity index (χ1) is 15.0. The summed E-state index contributed by atoms with van der Waals surface area (Å²) in [6.45, 7) is -2.93. The molecule has 0 atom stereocenters. The summed E-state index contributed by atoms with van der Waals surface area (Å²) in [6.07, 6.45) is 0.506. The Morgan fingerprint density at radius 2 is 1.58 bits per heavy atom. The monoisotopic (exact) mass is 427 g/mol. The molecule has 1 amide bonds. The summed E-state index contributed by atoms with van der Waals surface area (Å²) < 4.78 is 40.7. The Morgan fingerprint density at radius 1 is 0.871 bits per heavy atom. The number of anilines is 1. The number of hydrogen-bond donors (Lipinski definition) is 1. The van der Waals surface area contributed by atoms with Gasteiger partial charge in [0, 0.05) is 17.7 Å². The maximum absolute atomic E-state index is 12.8. The van der Waals surface area contributed by atoms with Gasteiger partial charge in [0.1, 0.15) is 5.75 Å². The topological polar surface area (TPSA) is 56.8 Å². The Hall–Kier alpha value is -3.61. The van der Waals surface area contributed by atoms with Crippen LogP contribution >= 0.6 is 0 Å². The Kier molecular flexibility index (Phi) is 7.43. The third-order valence-corrected chi connectivity index (χ3v) is 4.61. The molecule has 0 aliphatic rings. The van der Waals surface area contributed by atoms with Gasteiger partial charge in [-0.3, -0.25) is 4.79 Å². The molecule has 162 valence electrons. The molecule has 3 rings (SSSR count). The highest BCUT2D eigenvalue weighted by Gasteiger charge is 2.13. The van der Waals surface area contributed by atoms with Gasteiger partial charge in [0.05, 0.1) is 20.6 Å². The lowest BCUT2D eigenvalue weighted by Gasteiger charge is -2.14. The predicted molar refractivity (Wildman–Crippen MR) is 114 cm³/mol. The van der Waals surface area contributed by atoms with E-state index in [4.69, 9.17) is 9.47 Å². The third-order valence-electron chi connectivity index (χ3n) is 4.61.